The first-order valence-corrected chi connectivity index (χ1v) is 9.22. The third-order valence-electron chi connectivity index (χ3n) is 4.61. The molecule has 26 heavy (non-hydrogen) atoms. The number of rotatable bonds is 7. The molecular formula is C22H28N2O2. The third kappa shape index (κ3) is 4.72. The number of nitrogens with zero attached hydrogens (tertiary/aromatic N) is 1. The van der Waals surface area contributed by atoms with E-state index in [1.165, 1.54) is 0 Å². The molecule has 4 nitrogen and oxygen atoms in total. The summed E-state index contributed by atoms with van der Waals surface area (Å²) in [5, 5.41) is 3.03. The molecule has 4 heteroatoms. The number of carbonyl (C=O) groups excluding carboxylic acids is 2. The first-order chi connectivity index (χ1) is 12.5. The summed E-state index contributed by atoms with van der Waals surface area (Å²) in [4.78, 5) is 26.3. The van der Waals surface area contributed by atoms with Gasteiger partial charge in [-0.3, -0.25) is 9.59 Å². The van der Waals surface area contributed by atoms with Gasteiger partial charge in [0.15, 0.2) is 0 Å². The summed E-state index contributed by atoms with van der Waals surface area (Å²) in [6.07, 6.45) is 1.96. The molecule has 0 aromatic heterocycles. The number of anilines is 2. The number of amides is 2. The molecule has 2 rings (SSSR count). The minimum Gasteiger partial charge on any atom is -0.326 e. The van der Waals surface area contributed by atoms with E-state index in [9.17, 15) is 9.59 Å². The standard InChI is InChI=1S/C22H28N2O2/c1-5-18-11-7-8-13-20(18)24(17(4)25)15-14-21(26)23-22-16(3)10-9-12-19(22)6-2/h7-13H,5-6,14-15H2,1-4H3,(H,23,26). The lowest BCUT2D eigenvalue weighted by atomic mass is 10.1. The van der Waals surface area contributed by atoms with Crippen molar-refractivity contribution in [3.8, 4) is 0 Å². The smallest absolute Gasteiger partial charge is 0.226 e. The highest BCUT2D eigenvalue weighted by molar-refractivity contribution is 5.96. The normalized spacial score (nSPS) is 10.5. The zero-order valence-corrected chi connectivity index (χ0v) is 16.1. The van der Waals surface area contributed by atoms with Crippen molar-refractivity contribution < 1.29 is 9.59 Å². The molecule has 0 atom stereocenters. The monoisotopic (exact) mass is 352 g/mol. The molecule has 1 N–H and O–H groups in total. The number of para-hydroxylation sites is 2. The lowest BCUT2D eigenvalue weighted by molar-refractivity contribution is -0.117. The molecular weight excluding hydrogens is 324 g/mol. The van der Waals surface area contributed by atoms with Gasteiger partial charge in [-0.25, -0.2) is 0 Å². The second-order valence-corrected chi connectivity index (χ2v) is 6.41. The molecule has 0 spiro atoms. The molecule has 138 valence electrons. The molecule has 0 heterocycles. The van der Waals surface area contributed by atoms with Gasteiger partial charge in [-0.05, 0) is 42.5 Å². The maximum absolute atomic E-state index is 12.5. The Kier molecular flexibility index (Phi) is 6.96. The van der Waals surface area contributed by atoms with Gasteiger partial charge in [-0.15, -0.1) is 0 Å². The van der Waals surface area contributed by atoms with Crippen LogP contribution in [0.25, 0.3) is 0 Å². The van der Waals surface area contributed by atoms with Crippen molar-refractivity contribution in [2.75, 3.05) is 16.8 Å². The van der Waals surface area contributed by atoms with Crippen molar-refractivity contribution in [2.45, 2.75) is 47.0 Å². The van der Waals surface area contributed by atoms with Gasteiger partial charge in [-0.2, -0.15) is 0 Å². The summed E-state index contributed by atoms with van der Waals surface area (Å²) in [6, 6.07) is 13.9. The van der Waals surface area contributed by atoms with Gasteiger partial charge in [-0.1, -0.05) is 50.2 Å². The van der Waals surface area contributed by atoms with Crippen LogP contribution in [0.1, 0.15) is 43.9 Å². The maximum atomic E-state index is 12.5. The third-order valence-corrected chi connectivity index (χ3v) is 4.61. The van der Waals surface area contributed by atoms with Gasteiger partial charge in [0.05, 0.1) is 0 Å². The molecule has 2 aromatic carbocycles. The molecule has 0 aliphatic rings. The quantitative estimate of drug-likeness (QED) is 0.797. The van der Waals surface area contributed by atoms with Gasteiger partial charge in [0, 0.05) is 31.3 Å². The lowest BCUT2D eigenvalue weighted by Crippen LogP contribution is -2.32. The van der Waals surface area contributed by atoms with Crippen LogP contribution < -0.4 is 10.2 Å². The fourth-order valence-corrected chi connectivity index (χ4v) is 3.14. The van der Waals surface area contributed by atoms with Crippen molar-refractivity contribution in [3.63, 3.8) is 0 Å². The van der Waals surface area contributed by atoms with Crippen molar-refractivity contribution in [1.82, 2.24) is 0 Å². The molecule has 0 radical (unpaired) electrons. The number of carbonyl (C=O) groups is 2. The van der Waals surface area contributed by atoms with Gasteiger partial charge in [0.25, 0.3) is 0 Å². The van der Waals surface area contributed by atoms with E-state index in [0.717, 1.165) is 40.9 Å². The van der Waals surface area contributed by atoms with Crippen LogP contribution in [0, 0.1) is 6.92 Å². The van der Waals surface area contributed by atoms with Crippen LogP contribution in [0.5, 0.6) is 0 Å². The Balaban J connectivity index is 2.10. The van der Waals surface area contributed by atoms with Crippen LogP contribution in [0.15, 0.2) is 42.5 Å². The van der Waals surface area contributed by atoms with E-state index in [1.54, 1.807) is 11.8 Å². The topological polar surface area (TPSA) is 49.4 Å². The Morgan fingerprint density at radius 3 is 2.27 bits per heavy atom. The first kappa shape index (κ1) is 19.7. The van der Waals surface area contributed by atoms with Crippen molar-refractivity contribution in [1.29, 1.82) is 0 Å². The van der Waals surface area contributed by atoms with Crippen molar-refractivity contribution >= 4 is 23.2 Å². The highest BCUT2D eigenvalue weighted by atomic mass is 16.2. The molecule has 0 aliphatic heterocycles. The Hall–Kier alpha value is -2.62. The zero-order chi connectivity index (χ0) is 19.1. The highest BCUT2D eigenvalue weighted by Crippen LogP contribution is 2.23. The Labute approximate surface area is 156 Å². The Morgan fingerprint density at radius 2 is 1.62 bits per heavy atom. The molecule has 2 aromatic rings. The molecule has 0 bridgehead atoms. The number of aryl methyl sites for hydroxylation is 3. The predicted octanol–water partition coefficient (Wildman–Crippen LogP) is 4.50. The molecule has 2 amide bonds. The SMILES string of the molecule is CCc1ccccc1N(CCC(=O)Nc1c(C)cccc1CC)C(C)=O. The summed E-state index contributed by atoms with van der Waals surface area (Å²) in [6.45, 7) is 8.04. The van der Waals surface area contributed by atoms with E-state index < -0.39 is 0 Å². The van der Waals surface area contributed by atoms with Gasteiger partial charge >= 0.3 is 0 Å². The summed E-state index contributed by atoms with van der Waals surface area (Å²) in [7, 11) is 0. The Morgan fingerprint density at radius 1 is 0.962 bits per heavy atom. The summed E-state index contributed by atoms with van der Waals surface area (Å²) < 4.78 is 0. The van der Waals surface area contributed by atoms with E-state index >= 15 is 0 Å². The maximum Gasteiger partial charge on any atom is 0.226 e. The second kappa shape index (κ2) is 9.18. The summed E-state index contributed by atoms with van der Waals surface area (Å²) >= 11 is 0. The van der Waals surface area contributed by atoms with E-state index in [0.29, 0.717) is 6.54 Å². The number of nitrogens with one attached hydrogen (secondary N) is 1. The second-order valence-electron chi connectivity index (χ2n) is 6.41. The van der Waals surface area contributed by atoms with Crippen LogP contribution in [0.2, 0.25) is 0 Å². The molecule has 0 unspecified atom stereocenters. The van der Waals surface area contributed by atoms with Gasteiger partial charge in [0.1, 0.15) is 0 Å². The minimum absolute atomic E-state index is 0.0520. The Bertz CT molecular complexity index is 783. The van der Waals surface area contributed by atoms with Crippen LogP contribution in [-0.2, 0) is 22.4 Å². The summed E-state index contributed by atoms with van der Waals surface area (Å²) in [5.74, 6) is -0.127. The van der Waals surface area contributed by atoms with E-state index in [1.807, 2.05) is 49.4 Å². The minimum atomic E-state index is -0.0748. The summed E-state index contributed by atoms with van der Waals surface area (Å²) in [5.41, 5.74) is 5.06. The number of hydrogen-bond donors (Lipinski definition) is 1. The average molecular weight is 352 g/mol. The zero-order valence-electron chi connectivity index (χ0n) is 16.1. The molecule has 0 fully saturated rings. The van der Waals surface area contributed by atoms with Crippen LogP contribution in [-0.4, -0.2) is 18.4 Å². The fraction of sp³-hybridized carbons (Fsp3) is 0.364. The molecule has 0 saturated carbocycles. The van der Waals surface area contributed by atoms with E-state index in [-0.39, 0.29) is 18.2 Å². The first-order valence-electron chi connectivity index (χ1n) is 9.22. The van der Waals surface area contributed by atoms with Crippen molar-refractivity contribution in [3.05, 3.63) is 59.2 Å². The van der Waals surface area contributed by atoms with Gasteiger partial charge < -0.3 is 10.2 Å². The predicted molar refractivity (Wildman–Crippen MR) is 108 cm³/mol. The van der Waals surface area contributed by atoms with Gasteiger partial charge in [0.2, 0.25) is 11.8 Å². The number of benzene rings is 2. The van der Waals surface area contributed by atoms with Crippen molar-refractivity contribution in [2.24, 2.45) is 0 Å². The number of hydrogen-bond acceptors (Lipinski definition) is 2. The molecule has 0 aliphatic carbocycles. The highest BCUT2D eigenvalue weighted by Gasteiger charge is 2.16. The van der Waals surface area contributed by atoms with Crippen LogP contribution in [0.3, 0.4) is 0 Å². The van der Waals surface area contributed by atoms with Crippen LogP contribution >= 0.6 is 0 Å². The largest absolute Gasteiger partial charge is 0.326 e. The average Bonchev–Trinajstić information content (AvgIpc) is 2.63. The lowest BCUT2D eigenvalue weighted by Gasteiger charge is -2.24. The van der Waals surface area contributed by atoms with E-state index in [2.05, 4.69) is 19.2 Å². The molecule has 0 saturated heterocycles. The van der Waals surface area contributed by atoms with E-state index in [4.69, 9.17) is 0 Å². The van der Waals surface area contributed by atoms with Crippen LogP contribution in [0.4, 0.5) is 11.4 Å². The fourth-order valence-electron chi connectivity index (χ4n) is 3.14.